The van der Waals surface area contributed by atoms with Gasteiger partial charge in [0.2, 0.25) is 5.92 Å². The molecule has 1 aromatic rings. The van der Waals surface area contributed by atoms with Gasteiger partial charge in [0.25, 0.3) is 5.91 Å². The van der Waals surface area contributed by atoms with E-state index in [-0.39, 0.29) is 18.3 Å². The molecule has 1 aromatic carbocycles. The smallest absolute Gasteiger partial charge is 0.259 e. The van der Waals surface area contributed by atoms with E-state index < -0.39 is 29.8 Å². The van der Waals surface area contributed by atoms with Crippen LogP contribution in [-0.2, 0) is 10.4 Å². The molecule has 3 aliphatic rings. The fourth-order valence-corrected chi connectivity index (χ4v) is 5.03. The summed E-state index contributed by atoms with van der Waals surface area (Å²) in [6.07, 6.45) is 1.36. The molecule has 0 aromatic heterocycles. The van der Waals surface area contributed by atoms with Crippen molar-refractivity contribution >= 4 is 5.91 Å². The van der Waals surface area contributed by atoms with Crippen molar-refractivity contribution < 1.29 is 18.7 Å². The minimum absolute atomic E-state index is 0.0763. The van der Waals surface area contributed by atoms with Gasteiger partial charge < -0.3 is 15.3 Å². The molecule has 2 N–H and O–H groups in total. The number of carbonyl (C=O) groups is 1. The molecule has 142 valence electrons. The van der Waals surface area contributed by atoms with Crippen molar-refractivity contribution in [3.8, 4) is 0 Å². The topological polar surface area (TPSA) is 52.6 Å². The number of aliphatic hydroxyl groups is 1. The van der Waals surface area contributed by atoms with E-state index in [2.05, 4.69) is 5.32 Å². The predicted octanol–water partition coefficient (Wildman–Crippen LogP) is 2.52. The van der Waals surface area contributed by atoms with Crippen molar-refractivity contribution in [3.63, 3.8) is 0 Å². The number of nitrogens with zero attached hydrogens (tertiary/aromatic N) is 1. The SMILES string of the molecule is O=C(N1CCC2(CCNC2)C1)C(O)(c1ccccc1)C1CCC(F)(F)C1. The number of amides is 1. The Hall–Kier alpha value is -1.53. The maximum Gasteiger partial charge on any atom is 0.259 e. The molecule has 2 heterocycles. The maximum atomic E-state index is 13.9. The van der Waals surface area contributed by atoms with Gasteiger partial charge in [-0.2, -0.15) is 0 Å². The monoisotopic (exact) mass is 364 g/mol. The molecule has 4 rings (SSSR count). The Morgan fingerprint density at radius 1 is 1.23 bits per heavy atom. The van der Waals surface area contributed by atoms with Crippen LogP contribution in [0.5, 0.6) is 0 Å². The summed E-state index contributed by atoms with van der Waals surface area (Å²) in [5.74, 6) is -3.98. The average Bonchev–Trinajstić information content (AvgIpc) is 3.36. The van der Waals surface area contributed by atoms with Crippen LogP contribution in [0.4, 0.5) is 8.78 Å². The van der Waals surface area contributed by atoms with E-state index in [0.29, 0.717) is 18.7 Å². The van der Waals surface area contributed by atoms with E-state index in [4.69, 9.17) is 0 Å². The Labute approximate surface area is 152 Å². The highest BCUT2D eigenvalue weighted by atomic mass is 19.3. The number of carbonyl (C=O) groups excluding carboxylic acids is 1. The molecular weight excluding hydrogens is 338 g/mol. The van der Waals surface area contributed by atoms with Gasteiger partial charge in [-0.25, -0.2) is 8.78 Å². The summed E-state index contributed by atoms with van der Waals surface area (Å²) < 4.78 is 27.8. The Kier molecular flexibility index (Phi) is 4.31. The van der Waals surface area contributed by atoms with Gasteiger partial charge in [0, 0.05) is 43.8 Å². The summed E-state index contributed by atoms with van der Waals surface area (Å²) in [6.45, 7) is 3.00. The number of hydrogen-bond acceptors (Lipinski definition) is 3. The van der Waals surface area contributed by atoms with Gasteiger partial charge in [0.1, 0.15) is 0 Å². The molecule has 0 radical (unpaired) electrons. The lowest BCUT2D eigenvalue weighted by molar-refractivity contribution is -0.159. The maximum absolute atomic E-state index is 13.9. The van der Waals surface area contributed by atoms with Crippen LogP contribution in [0.1, 0.15) is 37.7 Å². The first-order valence-corrected chi connectivity index (χ1v) is 9.51. The highest BCUT2D eigenvalue weighted by molar-refractivity contribution is 5.87. The van der Waals surface area contributed by atoms with Crippen LogP contribution in [0, 0.1) is 11.3 Å². The van der Waals surface area contributed by atoms with Gasteiger partial charge in [-0.1, -0.05) is 30.3 Å². The Bertz CT molecular complexity index is 676. The zero-order valence-corrected chi connectivity index (χ0v) is 14.9. The summed E-state index contributed by atoms with van der Waals surface area (Å²) >= 11 is 0. The van der Waals surface area contributed by atoms with Crippen molar-refractivity contribution in [1.29, 1.82) is 0 Å². The molecule has 1 spiro atoms. The van der Waals surface area contributed by atoms with E-state index in [9.17, 15) is 18.7 Å². The van der Waals surface area contributed by atoms with Crippen molar-refractivity contribution in [2.75, 3.05) is 26.2 Å². The lowest BCUT2D eigenvalue weighted by Gasteiger charge is -2.37. The molecule has 1 saturated carbocycles. The number of rotatable bonds is 3. The van der Waals surface area contributed by atoms with E-state index in [1.54, 1.807) is 35.2 Å². The number of halogens is 2. The van der Waals surface area contributed by atoms with Gasteiger partial charge in [-0.15, -0.1) is 0 Å². The van der Waals surface area contributed by atoms with Gasteiger partial charge in [-0.3, -0.25) is 4.79 Å². The lowest BCUT2D eigenvalue weighted by atomic mass is 9.78. The molecule has 6 heteroatoms. The van der Waals surface area contributed by atoms with Crippen LogP contribution in [-0.4, -0.2) is 48.0 Å². The first kappa shape index (κ1) is 17.9. The molecule has 3 unspecified atom stereocenters. The summed E-state index contributed by atoms with van der Waals surface area (Å²) in [4.78, 5) is 15.1. The van der Waals surface area contributed by atoms with Crippen molar-refractivity contribution in [2.24, 2.45) is 11.3 Å². The van der Waals surface area contributed by atoms with Gasteiger partial charge in [-0.05, 0) is 31.4 Å². The second kappa shape index (κ2) is 6.27. The normalized spacial score (nSPS) is 32.9. The summed E-state index contributed by atoms with van der Waals surface area (Å²) in [5, 5.41) is 14.9. The molecule has 0 bridgehead atoms. The molecule has 2 saturated heterocycles. The third-order valence-electron chi connectivity index (χ3n) is 6.59. The molecular formula is C20H26F2N2O2. The number of nitrogens with one attached hydrogen (secondary N) is 1. The summed E-state index contributed by atoms with van der Waals surface area (Å²) in [6, 6.07) is 8.64. The number of likely N-dealkylation sites (tertiary alicyclic amines) is 1. The van der Waals surface area contributed by atoms with Crippen LogP contribution in [0.15, 0.2) is 30.3 Å². The largest absolute Gasteiger partial charge is 0.375 e. The molecule has 1 amide bonds. The van der Waals surface area contributed by atoms with E-state index >= 15 is 0 Å². The molecule has 3 atom stereocenters. The van der Waals surface area contributed by atoms with Crippen molar-refractivity contribution in [2.45, 2.75) is 43.6 Å². The molecule has 26 heavy (non-hydrogen) atoms. The molecule has 4 nitrogen and oxygen atoms in total. The van der Waals surface area contributed by atoms with Crippen LogP contribution in [0.3, 0.4) is 0 Å². The van der Waals surface area contributed by atoms with Crippen LogP contribution in [0.25, 0.3) is 0 Å². The minimum atomic E-state index is -2.81. The Morgan fingerprint density at radius 2 is 2.00 bits per heavy atom. The molecule has 1 aliphatic carbocycles. The summed E-state index contributed by atoms with van der Waals surface area (Å²) in [7, 11) is 0. The standard InChI is InChI=1S/C20H26F2N2O2/c21-19(22)7-6-16(12-19)20(26,15-4-2-1-3-5-15)17(25)24-11-9-18(14-24)8-10-23-13-18/h1-5,16,23,26H,6-14H2. The third-order valence-corrected chi connectivity index (χ3v) is 6.59. The summed E-state index contributed by atoms with van der Waals surface area (Å²) in [5.41, 5.74) is -1.37. The quantitative estimate of drug-likeness (QED) is 0.867. The third kappa shape index (κ3) is 2.93. The van der Waals surface area contributed by atoms with Crippen LogP contribution < -0.4 is 5.32 Å². The van der Waals surface area contributed by atoms with Crippen molar-refractivity contribution in [3.05, 3.63) is 35.9 Å². The van der Waals surface area contributed by atoms with Crippen LogP contribution in [0.2, 0.25) is 0 Å². The second-order valence-corrected chi connectivity index (χ2v) is 8.33. The predicted molar refractivity (Wildman–Crippen MR) is 93.7 cm³/mol. The Balaban J connectivity index is 1.64. The molecule has 3 fully saturated rings. The van der Waals surface area contributed by atoms with E-state index in [1.807, 2.05) is 0 Å². The molecule has 2 aliphatic heterocycles. The first-order valence-electron chi connectivity index (χ1n) is 9.51. The van der Waals surface area contributed by atoms with E-state index in [0.717, 1.165) is 25.9 Å². The highest BCUT2D eigenvalue weighted by Gasteiger charge is 2.56. The van der Waals surface area contributed by atoms with Crippen molar-refractivity contribution in [1.82, 2.24) is 10.2 Å². The first-order chi connectivity index (χ1) is 12.3. The fourth-order valence-electron chi connectivity index (χ4n) is 5.03. The van der Waals surface area contributed by atoms with Gasteiger partial charge >= 0.3 is 0 Å². The Morgan fingerprint density at radius 3 is 2.62 bits per heavy atom. The lowest BCUT2D eigenvalue weighted by Crippen LogP contribution is -2.51. The number of hydrogen-bond donors (Lipinski definition) is 2. The zero-order chi connectivity index (χ0) is 18.4. The van der Waals surface area contributed by atoms with Crippen LogP contribution >= 0.6 is 0 Å². The minimum Gasteiger partial charge on any atom is -0.375 e. The van der Waals surface area contributed by atoms with Gasteiger partial charge in [0.05, 0.1) is 0 Å². The number of benzene rings is 1. The van der Waals surface area contributed by atoms with Gasteiger partial charge in [0.15, 0.2) is 5.60 Å². The second-order valence-electron chi connectivity index (χ2n) is 8.33. The fraction of sp³-hybridized carbons (Fsp3) is 0.650. The highest BCUT2D eigenvalue weighted by Crippen LogP contribution is 2.49. The van der Waals surface area contributed by atoms with E-state index in [1.165, 1.54) is 0 Å². The average molecular weight is 364 g/mol. The number of alkyl halides is 2. The zero-order valence-electron chi connectivity index (χ0n) is 14.9.